The highest BCUT2D eigenvalue weighted by Gasteiger charge is 2.30. The number of methoxy groups -OCH3 is 1. The van der Waals surface area contributed by atoms with Crippen molar-refractivity contribution in [2.75, 3.05) is 7.11 Å². The normalized spacial score (nSPS) is 15.4. The molecule has 0 amide bonds. The summed E-state index contributed by atoms with van der Waals surface area (Å²) in [6.45, 7) is 0. The van der Waals surface area contributed by atoms with E-state index in [4.69, 9.17) is 25.4 Å². The number of carbonyl (C=O) groups excluding carboxylic acids is 1. The Bertz CT molecular complexity index is 784. The summed E-state index contributed by atoms with van der Waals surface area (Å²) >= 11 is 3.95. The third kappa shape index (κ3) is 3.31. The zero-order valence-electron chi connectivity index (χ0n) is 12.2. The number of ketones is 1. The van der Waals surface area contributed by atoms with Crippen LogP contribution >= 0.6 is 11.6 Å². The molecule has 1 fully saturated rings. The molecule has 0 aliphatic heterocycles. The first-order valence-electron chi connectivity index (χ1n) is 6.95. The Morgan fingerprint density at radius 3 is 2.87 bits per heavy atom. The topological polar surface area (TPSA) is 89.6 Å². The zero-order valence-corrected chi connectivity index (χ0v) is 13.8. The van der Waals surface area contributed by atoms with Gasteiger partial charge in [-0.1, -0.05) is 16.8 Å². The second-order valence-electron chi connectivity index (χ2n) is 5.29. The molecule has 1 aromatic heterocycles. The van der Waals surface area contributed by atoms with E-state index in [2.05, 4.69) is 5.16 Å². The molecule has 122 valence electrons. The van der Waals surface area contributed by atoms with Crippen LogP contribution in [-0.2, 0) is 16.8 Å². The molecule has 1 heterocycles. The van der Waals surface area contributed by atoms with Crippen molar-refractivity contribution >= 4 is 28.5 Å². The van der Waals surface area contributed by atoms with E-state index >= 15 is 0 Å². The van der Waals surface area contributed by atoms with Crippen LogP contribution in [0, 0.1) is 0 Å². The van der Waals surface area contributed by atoms with Crippen LogP contribution in [-0.4, -0.2) is 26.8 Å². The minimum Gasteiger partial charge on any atom is -0.496 e. The predicted octanol–water partition coefficient (Wildman–Crippen LogP) is 3.17. The van der Waals surface area contributed by atoms with E-state index < -0.39 is 11.1 Å². The van der Waals surface area contributed by atoms with Crippen LogP contribution < -0.4 is 4.74 Å². The number of rotatable bonds is 6. The predicted molar refractivity (Wildman–Crippen MR) is 84.4 cm³/mol. The summed E-state index contributed by atoms with van der Waals surface area (Å²) in [4.78, 5) is 12.6. The molecule has 23 heavy (non-hydrogen) atoms. The number of ether oxygens (including phenoxy) is 1. The summed E-state index contributed by atoms with van der Waals surface area (Å²) in [7, 11) is 1.38. The van der Waals surface area contributed by atoms with Crippen molar-refractivity contribution in [3.05, 3.63) is 45.8 Å². The molecule has 1 unspecified atom stereocenters. The van der Waals surface area contributed by atoms with Crippen molar-refractivity contribution in [1.82, 2.24) is 5.16 Å². The van der Waals surface area contributed by atoms with Crippen LogP contribution in [0.15, 0.2) is 22.7 Å². The van der Waals surface area contributed by atoms with Crippen molar-refractivity contribution in [2.45, 2.75) is 24.5 Å². The van der Waals surface area contributed by atoms with Gasteiger partial charge in [0.05, 0.1) is 18.4 Å². The lowest BCUT2D eigenvalue weighted by molar-refractivity contribution is 0.102. The maximum Gasteiger partial charge on any atom is 0.218 e. The number of aromatic nitrogens is 1. The summed E-state index contributed by atoms with van der Waals surface area (Å²) in [6, 6.07) is 4.65. The summed E-state index contributed by atoms with van der Waals surface area (Å²) < 4.78 is 30.7. The minimum absolute atomic E-state index is 0.181. The lowest BCUT2D eigenvalue weighted by atomic mass is 10.0. The molecule has 0 bridgehead atoms. The summed E-state index contributed by atoms with van der Waals surface area (Å²) in [5.41, 5.74) is 0.725. The number of halogens is 1. The van der Waals surface area contributed by atoms with Gasteiger partial charge in [0, 0.05) is 22.6 Å². The average Bonchev–Trinajstić information content (AvgIpc) is 3.25. The fraction of sp³-hybridized carbons (Fsp3) is 0.333. The van der Waals surface area contributed by atoms with Crippen LogP contribution in [0.5, 0.6) is 5.75 Å². The number of hydrogen-bond acceptors (Lipinski definition) is 5. The van der Waals surface area contributed by atoms with E-state index in [0.29, 0.717) is 17.2 Å². The fourth-order valence-corrected chi connectivity index (χ4v) is 3.20. The van der Waals surface area contributed by atoms with Gasteiger partial charge in [-0.05, 0) is 25.0 Å². The van der Waals surface area contributed by atoms with Gasteiger partial charge in [-0.3, -0.25) is 4.79 Å². The molecule has 1 aliphatic carbocycles. The van der Waals surface area contributed by atoms with Crippen LogP contribution in [0.4, 0.5) is 0 Å². The van der Waals surface area contributed by atoms with Gasteiger partial charge in [-0.2, -0.15) is 0 Å². The van der Waals surface area contributed by atoms with E-state index in [9.17, 15) is 9.00 Å². The summed E-state index contributed by atoms with van der Waals surface area (Å²) in [5.74, 6) is 0.636. The van der Waals surface area contributed by atoms with E-state index in [1.54, 1.807) is 6.07 Å². The molecule has 0 spiro atoms. The highest BCUT2D eigenvalue weighted by Crippen LogP contribution is 2.40. The van der Waals surface area contributed by atoms with Crippen LogP contribution in [0.3, 0.4) is 0 Å². The van der Waals surface area contributed by atoms with Crippen LogP contribution in [0.25, 0.3) is 0 Å². The third-order valence-corrected chi connectivity index (χ3v) is 4.55. The van der Waals surface area contributed by atoms with Gasteiger partial charge in [0.1, 0.15) is 11.5 Å². The molecule has 1 atom stereocenters. The molecule has 8 heteroatoms. The molecule has 1 saturated carbocycles. The summed E-state index contributed by atoms with van der Waals surface area (Å²) in [5, 5.41) is 4.08. The molecule has 0 radical (unpaired) electrons. The van der Waals surface area contributed by atoms with Crippen LogP contribution in [0.1, 0.15) is 46.1 Å². The molecule has 6 nitrogen and oxygen atoms in total. The second kappa shape index (κ2) is 6.43. The number of carbonyl (C=O) groups is 1. The Balaban J connectivity index is 2.00. The van der Waals surface area contributed by atoms with Gasteiger partial charge in [0.2, 0.25) is 5.78 Å². The second-order valence-corrected chi connectivity index (χ2v) is 6.63. The van der Waals surface area contributed by atoms with E-state index in [0.717, 1.165) is 12.8 Å². The SMILES string of the molecule is COc1c(C(=O)c2cc(C3CC3)on2)ccc(Cl)c1CS(=O)O. The first-order valence-corrected chi connectivity index (χ1v) is 8.60. The molecule has 1 aliphatic rings. The zero-order chi connectivity index (χ0) is 16.6. The van der Waals surface area contributed by atoms with E-state index in [1.807, 2.05) is 0 Å². The Hall–Kier alpha value is -1.70. The van der Waals surface area contributed by atoms with Crippen molar-refractivity contribution in [3.63, 3.8) is 0 Å². The van der Waals surface area contributed by atoms with Gasteiger partial charge in [-0.15, -0.1) is 0 Å². The Morgan fingerprint density at radius 1 is 1.52 bits per heavy atom. The first kappa shape index (κ1) is 16.2. The minimum atomic E-state index is -2.11. The molecule has 3 rings (SSSR count). The fourth-order valence-electron chi connectivity index (χ4n) is 2.37. The highest BCUT2D eigenvalue weighted by atomic mass is 35.5. The van der Waals surface area contributed by atoms with Gasteiger partial charge < -0.3 is 13.8 Å². The lowest BCUT2D eigenvalue weighted by Crippen LogP contribution is -2.08. The molecule has 2 aromatic rings. The molecular formula is C15H14ClNO5S. The van der Waals surface area contributed by atoms with E-state index in [1.165, 1.54) is 19.2 Å². The standard InChI is InChI=1S/C15H14ClNO5S/c1-21-15-9(4-5-11(16)10(15)7-23(19)20)14(18)12-6-13(22-17-12)8-2-3-8/h4-6,8H,2-3,7H2,1H3,(H,19,20). The largest absolute Gasteiger partial charge is 0.496 e. The molecule has 0 saturated heterocycles. The highest BCUT2D eigenvalue weighted by molar-refractivity contribution is 7.78. The molecule has 1 aromatic carbocycles. The Labute approximate surface area is 140 Å². The van der Waals surface area contributed by atoms with Crippen molar-refractivity contribution in [3.8, 4) is 5.75 Å². The first-order chi connectivity index (χ1) is 11.0. The van der Waals surface area contributed by atoms with Gasteiger partial charge in [0.15, 0.2) is 16.8 Å². The van der Waals surface area contributed by atoms with Gasteiger partial charge in [-0.25, -0.2) is 4.21 Å². The molecule has 1 N–H and O–H groups in total. The van der Waals surface area contributed by atoms with Crippen molar-refractivity contribution in [1.29, 1.82) is 0 Å². The van der Waals surface area contributed by atoms with Crippen molar-refractivity contribution < 1.29 is 22.8 Å². The lowest BCUT2D eigenvalue weighted by Gasteiger charge is -2.12. The van der Waals surface area contributed by atoms with E-state index in [-0.39, 0.29) is 33.6 Å². The average molecular weight is 356 g/mol. The maximum atomic E-state index is 12.6. The number of nitrogens with zero attached hydrogens (tertiary/aromatic N) is 1. The summed E-state index contributed by atoms with van der Waals surface area (Å²) in [6.07, 6.45) is 2.08. The molecular weight excluding hydrogens is 342 g/mol. The number of hydrogen-bond donors (Lipinski definition) is 1. The Morgan fingerprint density at radius 2 is 2.26 bits per heavy atom. The van der Waals surface area contributed by atoms with Gasteiger partial charge >= 0.3 is 0 Å². The smallest absolute Gasteiger partial charge is 0.218 e. The number of benzene rings is 1. The quantitative estimate of drug-likeness (QED) is 0.632. The van der Waals surface area contributed by atoms with Crippen molar-refractivity contribution in [2.24, 2.45) is 0 Å². The monoisotopic (exact) mass is 355 g/mol. The maximum absolute atomic E-state index is 12.6. The van der Waals surface area contributed by atoms with Gasteiger partial charge in [0.25, 0.3) is 0 Å². The third-order valence-electron chi connectivity index (χ3n) is 3.66. The van der Waals surface area contributed by atoms with Crippen LogP contribution in [0.2, 0.25) is 5.02 Å². The Kier molecular flexibility index (Phi) is 4.52.